The molecule has 2 rings (SSSR count). The van der Waals surface area contributed by atoms with Crippen molar-refractivity contribution >= 4 is 22.9 Å². The molecular formula is C15H22N2S. The summed E-state index contributed by atoms with van der Waals surface area (Å²) in [5.74, 6) is 0.854. The number of hydrogen-bond acceptors (Lipinski definition) is 2. The molecule has 98 valence electrons. The Kier molecular flexibility index (Phi) is 3.91. The maximum Gasteiger partial charge on any atom is 0.106 e. The van der Waals surface area contributed by atoms with E-state index in [-0.39, 0.29) is 0 Å². The normalized spacial score (nSPS) is 14.9. The molecule has 1 aromatic carbocycles. The zero-order valence-corrected chi connectivity index (χ0v) is 12.3. The molecule has 0 bridgehead atoms. The highest BCUT2D eigenvalue weighted by Crippen LogP contribution is 2.33. The Morgan fingerprint density at radius 2 is 2.11 bits per heavy atom. The second-order valence-corrected chi connectivity index (χ2v) is 6.01. The monoisotopic (exact) mass is 262 g/mol. The van der Waals surface area contributed by atoms with Gasteiger partial charge in [0.2, 0.25) is 0 Å². The average molecular weight is 262 g/mol. The minimum absolute atomic E-state index is 0.473. The Morgan fingerprint density at radius 3 is 2.61 bits per heavy atom. The van der Waals surface area contributed by atoms with Crippen LogP contribution in [0.25, 0.3) is 0 Å². The van der Waals surface area contributed by atoms with Crippen molar-refractivity contribution < 1.29 is 0 Å². The third-order valence-electron chi connectivity index (χ3n) is 3.50. The lowest BCUT2D eigenvalue weighted by Gasteiger charge is -2.31. The van der Waals surface area contributed by atoms with Crippen LogP contribution in [-0.4, -0.2) is 17.6 Å². The molecule has 1 aliphatic rings. The number of hydrogen-bond donors (Lipinski definition) is 1. The molecule has 1 saturated carbocycles. The molecule has 0 heterocycles. The second-order valence-electron chi connectivity index (χ2n) is 5.57. The highest BCUT2D eigenvalue weighted by Gasteiger charge is 2.27. The quantitative estimate of drug-likeness (QED) is 0.826. The van der Waals surface area contributed by atoms with Crippen molar-refractivity contribution in [1.29, 1.82) is 0 Å². The molecule has 3 heteroatoms. The molecule has 1 aliphatic carbocycles. The summed E-state index contributed by atoms with van der Waals surface area (Å²) < 4.78 is 0. The van der Waals surface area contributed by atoms with Crippen LogP contribution >= 0.6 is 12.2 Å². The number of anilines is 1. The van der Waals surface area contributed by atoms with Crippen molar-refractivity contribution in [2.24, 2.45) is 11.7 Å². The Morgan fingerprint density at radius 1 is 1.44 bits per heavy atom. The molecule has 0 amide bonds. The van der Waals surface area contributed by atoms with Crippen LogP contribution in [0.1, 0.15) is 37.8 Å². The van der Waals surface area contributed by atoms with E-state index in [0.29, 0.717) is 11.0 Å². The van der Waals surface area contributed by atoms with Crippen LogP contribution in [-0.2, 0) is 0 Å². The molecule has 0 unspecified atom stereocenters. The lowest BCUT2D eigenvalue weighted by atomic mass is 10.1. The van der Waals surface area contributed by atoms with Gasteiger partial charge in [-0.25, -0.2) is 0 Å². The van der Waals surface area contributed by atoms with Crippen molar-refractivity contribution in [3.05, 3.63) is 29.3 Å². The lowest BCUT2D eigenvalue weighted by Crippen LogP contribution is -2.34. The fourth-order valence-corrected chi connectivity index (χ4v) is 2.43. The van der Waals surface area contributed by atoms with E-state index in [9.17, 15) is 0 Å². The van der Waals surface area contributed by atoms with E-state index in [1.165, 1.54) is 24.1 Å². The molecule has 0 atom stereocenters. The smallest absolute Gasteiger partial charge is 0.106 e. The van der Waals surface area contributed by atoms with Gasteiger partial charge >= 0.3 is 0 Å². The molecule has 2 nitrogen and oxygen atoms in total. The summed E-state index contributed by atoms with van der Waals surface area (Å²) in [5.41, 5.74) is 9.31. The van der Waals surface area contributed by atoms with E-state index in [1.807, 2.05) is 0 Å². The van der Waals surface area contributed by atoms with Crippen LogP contribution in [0.5, 0.6) is 0 Å². The molecule has 0 spiro atoms. The largest absolute Gasteiger partial charge is 0.389 e. The van der Waals surface area contributed by atoms with Gasteiger partial charge in [-0.15, -0.1) is 0 Å². The standard InChI is InChI=1S/C15H22N2S/c1-10(2)17(9-12-5-6-12)14-8-11(3)4-7-13(14)15(16)18/h4,7-8,10,12H,5-6,9H2,1-3H3,(H2,16,18). The highest BCUT2D eigenvalue weighted by molar-refractivity contribution is 7.80. The Hall–Kier alpha value is -1.09. The van der Waals surface area contributed by atoms with Crippen molar-refractivity contribution in [1.82, 2.24) is 0 Å². The summed E-state index contributed by atoms with van der Waals surface area (Å²) in [5, 5.41) is 0. The van der Waals surface area contributed by atoms with Gasteiger partial charge in [-0.2, -0.15) is 0 Å². The maximum atomic E-state index is 5.85. The van der Waals surface area contributed by atoms with Crippen molar-refractivity contribution in [2.75, 3.05) is 11.4 Å². The van der Waals surface area contributed by atoms with Gasteiger partial charge in [-0.1, -0.05) is 18.3 Å². The minimum Gasteiger partial charge on any atom is -0.389 e. The van der Waals surface area contributed by atoms with Crippen molar-refractivity contribution in [3.63, 3.8) is 0 Å². The van der Waals surface area contributed by atoms with Gasteiger partial charge in [-0.05, 0) is 57.2 Å². The summed E-state index contributed by atoms with van der Waals surface area (Å²) in [6, 6.07) is 6.81. The zero-order chi connectivity index (χ0) is 13.3. The van der Waals surface area contributed by atoms with E-state index in [2.05, 4.69) is 43.9 Å². The molecule has 18 heavy (non-hydrogen) atoms. The van der Waals surface area contributed by atoms with Gasteiger partial charge in [0.15, 0.2) is 0 Å². The molecule has 0 saturated heterocycles. The summed E-state index contributed by atoms with van der Waals surface area (Å²) in [6.45, 7) is 7.70. The first kappa shape index (κ1) is 13.3. The topological polar surface area (TPSA) is 29.3 Å². The van der Waals surface area contributed by atoms with Gasteiger partial charge in [0, 0.05) is 23.8 Å². The Bertz CT molecular complexity index is 450. The van der Waals surface area contributed by atoms with Crippen LogP contribution in [0.15, 0.2) is 18.2 Å². The predicted molar refractivity (Wildman–Crippen MR) is 82.3 cm³/mol. The lowest BCUT2D eigenvalue weighted by molar-refractivity contribution is 0.644. The summed E-state index contributed by atoms with van der Waals surface area (Å²) in [6.07, 6.45) is 2.72. The van der Waals surface area contributed by atoms with Crippen molar-refractivity contribution in [3.8, 4) is 0 Å². The van der Waals surface area contributed by atoms with Crippen LogP contribution in [0.2, 0.25) is 0 Å². The fraction of sp³-hybridized carbons (Fsp3) is 0.533. The molecule has 1 fully saturated rings. The Balaban J connectivity index is 2.37. The van der Waals surface area contributed by atoms with E-state index in [1.54, 1.807) is 0 Å². The molecule has 0 aliphatic heterocycles. The van der Waals surface area contributed by atoms with E-state index < -0.39 is 0 Å². The third kappa shape index (κ3) is 3.02. The van der Waals surface area contributed by atoms with Gasteiger partial charge in [0.25, 0.3) is 0 Å². The van der Waals surface area contributed by atoms with Gasteiger partial charge in [-0.3, -0.25) is 0 Å². The number of thiocarbonyl (C=S) groups is 1. The van der Waals surface area contributed by atoms with Gasteiger partial charge in [0.05, 0.1) is 0 Å². The first-order valence-electron chi connectivity index (χ1n) is 6.66. The van der Waals surface area contributed by atoms with Crippen LogP contribution in [0.4, 0.5) is 5.69 Å². The first-order chi connectivity index (χ1) is 8.49. The number of rotatable bonds is 5. The summed E-state index contributed by atoms with van der Waals surface area (Å²) in [7, 11) is 0. The third-order valence-corrected chi connectivity index (χ3v) is 3.72. The molecule has 1 aromatic rings. The fourth-order valence-electron chi connectivity index (χ4n) is 2.25. The average Bonchev–Trinajstić information content (AvgIpc) is 3.08. The van der Waals surface area contributed by atoms with Gasteiger partial charge < -0.3 is 10.6 Å². The second kappa shape index (κ2) is 5.27. The number of benzene rings is 1. The Labute approximate surface area is 115 Å². The number of aryl methyl sites for hydroxylation is 1. The summed E-state index contributed by atoms with van der Waals surface area (Å²) in [4.78, 5) is 2.94. The SMILES string of the molecule is Cc1ccc(C(N)=S)c(N(CC2CC2)C(C)C)c1. The van der Waals surface area contributed by atoms with Crippen molar-refractivity contribution in [2.45, 2.75) is 39.7 Å². The predicted octanol–water partition coefficient (Wildman–Crippen LogP) is 3.25. The van der Waals surface area contributed by atoms with E-state index in [4.69, 9.17) is 18.0 Å². The maximum absolute atomic E-state index is 5.85. The highest BCUT2D eigenvalue weighted by atomic mass is 32.1. The number of nitrogens with two attached hydrogens (primary N) is 1. The van der Waals surface area contributed by atoms with Gasteiger partial charge in [0.1, 0.15) is 4.99 Å². The van der Waals surface area contributed by atoms with Crippen LogP contribution in [0.3, 0.4) is 0 Å². The molecule has 2 N–H and O–H groups in total. The van der Waals surface area contributed by atoms with Crippen LogP contribution < -0.4 is 10.6 Å². The molecule has 0 radical (unpaired) electrons. The zero-order valence-electron chi connectivity index (χ0n) is 11.4. The minimum atomic E-state index is 0.473. The summed E-state index contributed by atoms with van der Waals surface area (Å²) >= 11 is 5.18. The first-order valence-corrected chi connectivity index (χ1v) is 7.07. The van der Waals surface area contributed by atoms with E-state index >= 15 is 0 Å². The van der Waals surface area contributed by atoms with Crippen LogP contribution in [0, 0.1) is 12.8 Å². The molecular weight excluding hydrogens is 240 g/mol. The van der Waals surface area contributed by atoms with E-state index in [0.717, 1.165) is 18.0 Å². The number of nitrogens with zero attached hydrogens (tertiary/aromatic N) is 1. The molecule has 0 aromatic heterocycles.